The highest BCUT2D eigenvalue weighted by Gasteiger charge is 2.05. The minimum absolute atomic E-state index is 0.248. The average molecular weight is 298 g/mol. The fourth-order valence-corrected chi connectivity index (χ4v) is 2.09. The van der Waals surface area contributed by atoms with Gasteiger partial charge in [0.1, 0.15) is 11.6 Å². The third-order valence-corrected chi connectivity index (χ3v) is 3.20. The first kappa shape index (κ1) is 12.1. The Labute approximate surface area is 108 Å². The maximum Gasteiger partial charge on any atom is 0.147 e. The Morgan fingerprint density at radius 3 is 2.94 bits per heavy atom. The van der Waals surface area contributed by atoms with Gasteiger partial charge in [-0.3, -0.25) is 0 Å². The van der Waals surface area contributed by atoms with Crippen LogP contribution in [0, 0.1) is 12.7 Å². The summed E-state index contributed by atoms with van der Waals surface area (Å²) in [6.07, 6.45) is 3.67. The highest BCUT2D eigenvalue weighted by molar-refractivity contribution is 9.10. The number of hydrogen-bond donors (Lipinski definition) is 1. The van der Waals surface area contributed by atoms with Gasteiger partial charge < -0.3 is 9.88 Å². The zero-order chi connectivity index (χ0) is 12.3. The van der Waals surface area contributed by atoms with Crippen molar-refractivity contribution in [3.63, 3.8) is 0 Å². The topological polar surface area (TPSA) is 29.9 Å². The SMILES string of the molecule is Cc1nccn1CCNc1c(F)cccc1Br. The summed E-state index contributed by atoms with van der Waals surface area (Å²) in [5.74, 6) is 0.709. The lowest BCUT2D eigenvalue weighted by Gasteiger charge is -2.10. The van der Waals surface area contributed by atoms with Crippen molar-refractivity contribution in [2.24, 2.45) is 0 Å². The summed E-state index contributed by atoms with van der Waals surface area (Å²) in [5, 5.41) is 3.08. The number of rotatable bonds is 4. The third kappa shape index (κ3) is 2.85. The molecule has 1 aromatic heterocycles. The van der Waals surface area contributed by atoms with E-state index in [0.29, 0.717) is 12.2 Å². The van der Waals surface area contributed by atoms with Crippen LogP contribution in [0.15, 0.2) is 35.1 Å². The normalized spacial score (nSPS) is 10.5. The van der Waals surface area contributed by atoms with Gasteiger partial charge in [0.05, 0.1) is 5.69 Å². The summed E-state index contributed by atoms with van der Waals surface area (Å²) >= 11 is 3.32. The molecule has 2 aromatic rings. The maximum absolute atomic E-state index is 13.5. The van der Waals surface area contributed by atoms with Crippen LogP contribution in [0.5, 0.6) is 0 Å². The lowest BCUT2D eigenvalue weighted by molar-refractivity contribution is 0.626. The number of halogens is 2. The summed E-state index contributed by atoms with van der Waals surface area (Å²) in [6.45, 7) is 3.35. The zero-order valence-electron chi connectivity index (χ0n) is 9.45. The van der Waals surface area contributed by atoms with Crippen molar-refractivity contribution in [1.82, 2.24) is 9.55 Å². The molecule has 3 nitrogen and oxygen atoms in total. The second kappa shape index (κ2) is 5.31. The standard InChI is InChI=1S/C12H13BrFN3/c1-9-15-5-7-17(9)8-6-16-12-10(13)3-2-4-11(12)14/h2-5,7,16H,6,8H2,1H3. The predicted octanol–water partition coefficient (Wildman–Crippen LogP) is 3.21. The molecule has 0 bridgehead atoms. The van der Waals surface area contributed by atoms with E-state index in [1.807, 2.05) is 23.8 Å². The zero-order valence-corrected chi connectivity index (χ0v) is 11.0. The Kier molecular flexibility index (Phi) is 3.78. The molecule has 1 N–H and O–H groups in total. The number of para-hydroxylation sites is 1. The molecule has 2 rings (SSSR count). The van der Waals surface area contributed by atoms with Crippen LogP contribution in [0.25, 0.3) is 0 Å². The van der Waals surface area contributed by atoms with Gasteiger partial charge in [0, 0.05) is 30.0 Å². The van der Waals surface area contributed by atoms with Crippen molar-refractivity contribution in [2.45, 2.75) is 13.5 Å². The van der Waals surface area contributed by atoms with Crippen molar-refractivity contribution < 1.29 is 4.39 Å². The van der Waals surface area contributed by atoms with Crippen LogP contribution in [-0.4, -0.2) is 16.1 Å². The third-order valence-electron chi connectivity index (χ3n) is 2.54. The quantitative estimate of drug-likeness (QED) is 0.939. The van der Waals surface area contributed by atoms with Gasteiger partial charge >= 0.3 is 0 Å². The first-order chi connectivity index (χ1) is 8.18. The van der Waals surface area contributed by atoms with Crippen LogP contribution in [0.2, 0.25) is 0 Å². The smallest absolute Gasteiger partial charge is 0.147 e. The summed E-state index contributed by atoms with van der Waals surface area (Å²) in [5.41, 5.74) is 0.505. The molecule has 17 heavy (non-hydrogen) atoms. The van der Waals surface area contributed by atoms with E-state index in [4.69, 9.17) is 0 Å². The van der Waals surface area contributed by atoms with Gasteiger partial charge in [-0.15, -0.1) is 0 Å². The van der Waals surface area contributed by atoms with E-state index in [0.717, 1.165) is 16.8 Å². The number of hydrogen-bond acceptors (Lipinski definition) is 2. The molecule has 90 valence electrons. The Balaban J connectivity index is 1.97. The molecular weight excluding hydrogens is 285 g/mol. The number of anilines is 1. The minimum Gasteiger partial charge on any atom is -0.380 e. The van der Waals surface area contributed by atoms with Crippen molar-refractivity contribution in [2.75, 3.05) is 11.9 Å². The predicted molar refractivity (Wildman–Crippen MR) is 69.6 cm³/mol. The van der Waals surface area contributed by atoms with Gasteiger partial charge in [0.2, 0.25) is 0 Å². The Hall–Kier alpha value is -1.36. The summed E-state index contributed by atoms with van der Waals surface area (Å²) in [6, 6.07) is 4.92. The van der Waals surface area contributed by atoms with E-state index in [2.05, 4.69) is 26.2 Å². The number of benzene rings is 1. The Morgan fingerprint density at radius 1 is 1.47 bits per heavy atom. The maximum atomic E-state index is 13.5. The first-order valence-corrected chi connectivity index (χ1v) is 6.13. The fraction of sp³-hybridized carbons (Fsp3) is 0.250. The fourth-order valence-electron chi connectivity index (χ4n) is 1.61. The molecule has 0 amide bonds. The molecule has 0 aliphatic carbocycles. The van der Waals surface area contributed by atoms with Crippen LogP contribution in [0.4, 0.5) is 10.1 Å². The van der Waals surface area contributed by atoms with Crippen LogP contribution in [0.1, 0.15) is 5.82 Å². The van der Waals surface area contributed by atoms with Gasteiger partial charge in [-0.1, -0.05) is 6.07 Å². The van der Waals surface area contributed by atoms with Crippen molar-refractivity contribution in [3.8, 4) is 0 Å². The monoisotopic (exact) mass is 297 g/mol. The molecule has 5 heteroatoms. The van der Waals surface area contributed by atoms with Crippen LogP contribution in [0.3, 0.4) is 0 Å². The number of nitrogens with one attached hydrogen (secondary N) is 1. The second-order valence-corrected chi connectivity index (χ2v) is 4.55. The van der Waals surface area contributed by atoms with Crippen molar-refractivity contribution in [1.29, 1.82) is 0 Å². The Bertz CT molecular complexity index is 490. The molecule has 0 spiro atoms. The summed E-state index contributed by atoms with van der Waals surface area (Å²) in [7, 11) is 0. The van der Waals surface area contributed by atoms with Gasteiger partial charge in [-0.05, 0) is 35.0 Å². The van der Waals surface area contributed by atoms with Crippen molar-refractivity contribution in [3.05, 3.63) is 46.7 Å². The summed E-state index contributed by atoms with van der Waals surface area (Å²) in [4.78, 5) is 4.13. The van der Waals surface area contributed by atoms with E-state index >= 15 is 0 Å². The Morgan fingerprint density at radius 2 is 2.29 bits per heavy atom. The van der Waals surface area contributed by atoms with Gasteiger partial charge in [-0.2, -0.15) is 0 Å². The highest BCUT2D eigenvalue weighted by Crippen LogP contribution is 2.24. The molecule has 0 saturated heterocycles. The molecule has 0 fully saturated rings. The molecular formula is C12H13BrFN3. The molecule has 0 aliphatic heterocycles. The molecule has 1 aromatic carbocycles. The van der Waals surface area contributed by atoms with E-state index in [-0.39, 0.29) is 5.82 Å². The lowest BCUT2D eigenvalue weighted by Crippen LogP contribution is -2.12. The van der Waals surface area contributed by atoms with E-state index in [9.17, 15) is 4.39 Å². The molecule has 0 atom stereocenters. The van der Waals surface area contributed by atoms with Crippen molar-refractivity contribution >= 4 is 21.6 Å². The second-order valence-electron chi connectivity index (χ2n) is 3.69. The molecule has 1 heterocycles. The van der Waals surface area contributed by atoms with E-state index < -0.39 is 0 Å². The van der Waals surface area contributed by atoms with Crippen LogP contribution >= 0.6 is 15.9 Å². The van der Waals surface area contributed by atoms with E-state index in [1.165, 1.54) is 6.07 Å². The number of aromatic nitrogens is 2. The van der Waals surface area contributed by atoms with Gasteiger partial charge in [0.15, 0.2) is 0 Å². The van der Waals surface area contributed by atoms with Gasteiger partial charge in [0.25, 0.3) is 0 Å². The first-order valence-electron chi connectivity index (χ1n) is 5.34. The number of imidazole rings is 1. The number of aryl methyl sites for hydroxylation is 1. The lowest BCUT2D eigenvalue weighted by atomic mass is 10.3. The average Bonchev–Trinajstić information content (AvgIpc) is 2.69. The molecule has 0 saturated carbocycles. The number of nitrogens with zero attached hydrogens (tertiary/aromatic N) is 2. The largest absolute Gasteiger partial charge is 0.380 e. The minimum atomic E-state index is -0.248. The van der Waals surface area contributed by atoms with Gasteiger partial charge in [-0.25, -0.2) is 9.37 Å². The highest BCUT2D eigenvalue weighted by atomic mass is 79.9. The van der Waals surface area contributed by atoms with Crippen LogP contribution in [-0.2, 0) is 6.54 Å². The summed E-state index contributed by atoms with van der Waals surface area (Å²) < 4.78 is 16.2. The molecule has 0 unspecified atom stereocenters. The molecule has 0 aliphatic rings. The van der Waals surface area contributed by atoms with E-state index in [1.54, 1.807) is 12.3 Å². The van der Waals surface area contributed by atoms with Crippen LogP contribution < -0.4 is 5.32 Å². The molecule has 0 radical (unpaired) electrons.